The number of rotatable bonds is 4. The van der Waals surface area contributed by atoms with Crippen LogP contribution in [0.5, 0.6) is 11.5 Å². The Hall–Kier alpha value is -3.59. The van der Waals surface area contributed by atoms with E-state index in [0.717, 1.165) is 5.56 Å². The van der Waals surface area contributed by atoms with Gasteiger partial charge >= 0.3 is 6.09 Å². The molecule has 9 heteroatoms. The van der Waals surface area contributed by atoms with Gasteiger partial charge in [-0.3, -0.25) is 9.59 Å². The number of allylic oxidation sites excluding steroid dienone is 1. The highest BCUT2D eigenvalue weighted by atomic mass is 16.6. The van der Waals surface area contributed by atoms with Gasteiger partial charge in [0.1, 0.15) is 22.9 Å². The first-order valence-electron chi connectivity index (χ1n) is 11.7. The number of Topliss-reactive ketones (excluding diaryl/α,β-unsaturated/α-hetero) is 2. The van der Waals surface area contributed by atoms with Crippen LogP contribution in [0.2, 0.25) is 0 Å². The van der Waals surface area contributed by atoms with Gasteiger partial charge in [-0.15, -0.1) is 0 Å². The van der Waals surface area contributed by atoms with Crippen LogP contribution in [-0.4, -0.2) is 60.3 Å². The van der Waals surface area contributed by atoms with E-state index in [1.807, 2.05) is 13.0 Å². The van der Waals surface area contributed by atoms with Crippen molar-refractivity contribution >= 4 is 28.4 Å². The lowest BCUT2D eigenvalue weighted by Crippen LogP contribution is -2.56. The van der Waals surface area contributed by atoms with Crippen molar-refractivity contribution in [3.05, 3.63) is 46.2 Å². The van der Waals surface area contributed by atoms with Gasteiger partial charge in [0.15, 0.2) is 11.6 Å². The summed E-state index contributed by atoms with van der Waals surface area (Å²) in [5.41, 5.74) is 0.590. The van der Waals surface area contributed by atoms with Crippen molar-refractivity contribution in [3.63, 3.8) is 0 Å². The number of fused-ring (bicyclic) bond motifs is 3. The zero-order valence-corrected chi connectivity index (χ0v) is 21.2. The molecule has 0 aromatic heterocycles. The number of hydrogen-bond donors (Lipinski definition) is 3. The lowest BCUT2D eigenvalue weighted by atomic mass is 9.64. The highest BCUT2D eigenvalue weighted by molar-refractivity contribution is 6.14. The number of carbonyl (C=O) groups is 3. The van der Waals surface area contributed by atoms with Crippen molar-refractivity contribution in [1.29, 1.82) is 0 Å². The third-order valence-corrected chi connectivity index (χ3v) is 6.91. The maximum Gasteiger partial charge on any atom is 0.408 e. The van der Waals surface area contributed by atoms with E-state index in [2.05, 4.69) is 5.32 Å². The van der Waals surface area contributed by atoms with Crippen molar-refractivity contribution in [3.8, 4) is 11.5 Å². The summed E-state index contributed by atoms with van der Waals surface area (Å²) in [6.45, 7) is 6.28. The lowest BCUT2D eigenvalue weighted by Gasteiger charge is -2.42. The Kier molecular flexibility index (Phi) is 6.47. The van der Waals surface area contributed by atoms with Gasteiger partial charge in [-0.1, -0.05) is 12.1 Å². The highest BCUT2D eigenvalue weighted by Crippen LogP contribution is 2.49. The number of aromatic hydroxyl groups is 1. The molecular formula is C27H31NO8. The Morgan fingerprint density at radius 3 is 2.42 bits per heavy atom. The Bertz CT molecular complexity index is 1300. The van der Waals surface area contributed by atoms with E-state index in [4.69, 9.17) is 14.2 Å². The second-order valence-electron chi connectivity index (χ2n) is 10.1. The molecule has 0 saturated heterocycles. The van der Waals surface area contributed by atoms with Crippen molar-refractivity contribution < 1.29 is 38.8 Å². The molecule has 192 valence electrons. The molecule has 0 saturated carbocycles. The predicted octanol–water partition coefficient (Wildman–Crippen LogP) is 3.20. The van der Waals surface area contributed by atoms with Gasteiger partial charge in [-0.2, -0.15) is 0 Å². The van der Waals surface area contributed by atoms with Gasteiger partial charge in [0.25, 0.3) is 0 Å². The second-order valence-corrected chi connectivity index (χ2v) is 10.1. The zero-order chi connectivity index (χ0) is 26.5. The molecule has 2 aliphatic carbocycles. The molecule has 0 bridgehead atoms. The predicted molar refractivity (Wildman–Crippen MR) is 131 cm³/mol. The second kappa shape index (κ2) is 9.13. The van der Waals surface area contributed by atoms with E-state index >= 15 is 0 Å². The van der Waals surface area contributed by atoms with Gasteiger partial charge in [0.05, 0.1) is 49.3 Å². The molecule has 3 atom stereocenters. The number of aryl methyl sites for hydroxylation is 1. The van der Waals surface area contributed by atoms with Crippen LogP contribution in [0.25, 0.3) is 10.8 Å². The van der Waals surface area contributed by atoms with Gasteiger partial charge in [0, 0.05) is 5.92 Å². The number of alkyl carbamates (subject to hydrolysis) is 1. The summed E-state index contributed by atoms with van der Waals surface area (Å²) in [4.78, 5) is 40.1. The van der Waals surface area contributed by atoms with Crippen LogP contribution in [0.15, 0.2) is 29.5 Å². The lowest BCUT2D eigenvalue weighted by molar-refractivity contribution is -0.121. The van der Waals surface area contributed by atoms with Gasteiger partial charge in [0.2, 0.25) is 0 Å². The summed E-state index contributed by atoms with van der Waals surface area (Å²) >= 11 is 0. The van der Waals surface area contributed by atoms with E-state index in [9.17, 15) is 24.6 Å². The molecule has 36 heavy (non-hydrogen) atoms. The number of nitrogens with one attached hydrogen (secondary N) is 1. The third kappa shape index (κ3) is 3.97. The summed E-state index contributed by atoms with van der Waals surface area (Å²) in [6, 6.07) is 4.19. The minimum Gasteiger partial charge on any atom is -0.506 e. The van der Waals surface area contributed by atoms with Gasteiger partial charge in [-0.05, 0) is 56.7 Å². The number of aliphatic hydroxyl groups is 1. The molecule has 3 N–H and O–H groups in total. The fourth-order valence-corrected chi connectivity index (χ4v) is 5.43. The number of phenolic OH excluding ortho intramolecular Hbond substituents is 1. The number of hydrogen-bond acceptors (Lipinski definition) is 8. The molecule has 0 spiro atoms. The van der Waals surface area contributed by atoms with Crippen molar-refractivity contribution in [2.75, 3.05) is 20.8 Å². The number of ketones is 2. The van der Waals surface area contributed by atoms with E-state index < -0.39 is 47.7 Å². The van der Waals surface area contributed by atoms with Crippen molar-refractivity contribution in [2.45, 2.75) is 45.8 Å². The molecule has 0 heterocycles. The summed E-state index contributed by atoms with van der Waals surface area (Å²) in [6.07, 6.45) is -0.602. The summed E-state index contributed by atoms with van der Waals surface area (Å²) in [5, 5.41) is 25.1. The third-order valence-electron chi connectivity index (χ3n) is 6.91. The largest absolute Gasteiger partial charge is 0.506 e. The average molecular weight is 498 g/mol. The Morgan fingerprint density at radius 1 is 1.14 bits per heavy atom. The molecule has 2 aliphatic rings. The number of amides is 1. The Morgan fingerprint density at radius 2 is 1.83 bits per heavy atom. The van der Waals surface area contributed by atoms with Crippen molar-refractivity contribution in [1.82, 2.24) is 5.32 Å². The molecule has 0 aliphatic heterocycles. The summed E-state index contributed by atoms with van der Waals surface area (Å²) < 4.78 is 16.3. The first-order valence-corrected chi connectivity index (χ1v) is 11.7. The van der Waals surface area contributed by atoms with E-state index in [1.165, 1.54) is 14.2 Å². The van der Waals surface area contributed by atoms with E-state index in [-0.39, 0.29) is 29.1 Å². The Balaban J connectivity index is 1.92. The number of ether oxygens (including phenoxy) is 3. The molecular weight excluding hydrogens is 466 g/mol. The van der Waals surface area contributed by atoms with Crippen LogP contribution in [0.4, 0.5) is 4.79 Å². The van der Waals surface area contributed by atoms with Crippen LogP contribution >= 0.6 is 0 Å². The fraction of sp³-hybridized carbons (Fsp3) is 0.444. The first-order chi connectivity index (χ1) is 16.9. The first kappa shape index (κ1) is 25.5. The fourth-order valence-electron chi connectivity index (χ4n) is 5.43. The molecule has 0 fully saturated rings. The van der Waals surface area contributed by atoms with Crippen LogP contribution in [0.3, 0.4) is 0 Å². The quantitative estimate of drug-likeness (QED) is 0.587. The van der Waals surface area contributed by atoms with Crippen LogP contribution in [0, 0.1) is 18.8 Å². The van der Waals surface area contributed by atoms with Gasteiger partial charge in [-0.25, -0.2) is 4.79 Å². The molecule has 1 amide bonds. The standard InChI is InChI=1S/C27H31NO8/c1-12-13-8-7-9-17(34-5)18(13)23(31)19-14(12)10-15-20(24(19)32)25(35-6)16(11-29)22(30)21(15)28-26(33)36-27(2,3)4/h7-9,15,20-21,29,31H,10-11H2,1-6H3,(H,28,33)/t15-,20-,21+/m1/s1. The maximum absolute atomic E-state index is 14.0. The van der Waals surface area contributed by atoms with Crippen molar-refractivity contribution in [2.24, 2.45) is 11.8 Å². The van der Waals surface area contributed by atoms with E-state index in [1.54, 1.807) is 32.9 Å². The summed E-state index contributed by atoms with van der Waals surface area (Å²) in [5.74, 6) is -2.45. The topological polar surface area (TPSA) is 131 Å². The number of methoxy groups -OCH3 is 2. The molecule has 2 aromatic rings. The smallest absolute Gasteiger partial charge is 0.408 e. The highest BCUT2D eigenvalue weighted by Gasteiger charge is 2.52. The molecule has 0 radical (unpaired) electrons. The number of phenols is 1. The summed E-state index contributed by atoms with van der Waals surface area (Å²) in [7, 11) is 2.81. The number of carbonyl (C=O) groups excluding carboxylic acids is 3. The minimum absolute atomic E-state index is 0.0440. The van der Waals surface area contributed by atoms with Crippen LogP contribution in [0.1, 0.15) is 42.3 Å². The Labute approximate surface area is 209 Å². The number of aliphatic hydroxyl groups excluding tert-OH is 1. The SMILES string of the molecule is COC1=C(CO)C(=O)[C@@H](NC(=O)OC(C)(C)C)[C@@H]2Cc3c(c(O)c4c(OC)cccc4c3C)C(=O)[C@H]12. The average Bonchev–Trinajstić information content (AvgIpc) is 2.82. The molecule has 2 aromatic carbocycles. The molecule has 9 nitrogen and oxygen atoms in total. The van der Waals surface area contributed by atoms with E-state index in [0.29, 0.717) is 22.1 Å². The molecule has 4 rings (SSSR count). The van der Waals surface area contributed by atoms with Gasteiger partial charge < -0.3 is 29.7 Å². The minimum atomic E-state index is -1.13. The van der Waals surface area contributed by atoms with Crippen LogP contribution in [-0.2, 0) is 20.7 Å². The monoisotopic (exact) mass is 497 g/mol. The number of benzene rings is 2. The maximum atomic E-state index is 14.0. The zero-order valence-electron chi connectivity index (χ0n) is 21.2. The normalized spacial score (nSPS) is 21.7. The van der Waals surface area contributed by atoms with Crippen LogP contribution < -0.4 is 10.1 Å². The molecule has 0 unspecified atom stereocenters.